The molecule has 12 atom stereocenters. The van der Waals surface area contributed by atoms with Crippen LogP contribution in [0.1, 0.15) is 141 Å². The standard InChI is InChI=1S/C81H115N15O19S2/c1-18-35-115-81(108)93(12)45-57-39-60(89-73(101)61(27-23-32-83-77(82)105)90-74(102)65(46(3)4)91-72(100)56-37-54(58-41-84-78(85-42-58)116(16,109)110)36-55(38-56)59-43-86-79(87-44-59)117(17,111)112)30-29-52(57)31-34-96(80(106)107)67(48(7)8)75(103)92-66(47(5)6)76(104)94(13)68(49(9)19-2)63(113-14)40-64(97)95-33-24-28-62(95)70(114-15)50(10)71(99)88-51(11)69(98)53-25-21-20-22-26-53/h18,20-22,25-26,29-30,36-39,41-44,46-51,61-63,65-70,98H,1,19,23-24,27-28,31-35,40,45H2,2-17H3,(H,88,99)(H,89,101)(H,90,102)(H,91,100)(H,92,103)(H,106,107)(H3,82,83,105)/t49-,50+,51+,61-,62-,63+,65-,66?,67?,68?,69+,70+/m0/s1. The quantitative estimate of drug-likeness (QED) is 0.0117. The first-order chi connectivity index (χ1) is 55.1. The molecular formula is C81H115N15O19S2. The number of aromatic nitrogens is 4. The van der Waals surface area contributed by atoms with Crippen molar-refractivity contribution in [1.82, 2.24) is 66.1 Å². The highest BCUT2D eigenvalue weighted by molar-refractivity contribution is 7.90. The number of urea groups is 1. The van der Waals surface area contributed by atoms with Crippen LogP contribution >= 0.6 is 0 Å². The highest BCUT2D eigenvalue weighted by atomic mass is 32.2. The number of nitrogens with one attached hydrogen (secondary N) is 6. The van der Waals surface area contributed by atoms with Gasteiger partial charge in [0.25, 0.3) is 5.91 Å². The fraction of sp³-hybridized carbons (Fsp3) is 0.531. The number of methoxy groups -OCH3 is 2. The van der Waals surface area contributed by atoms with Crippen molar-refractivity contribution in [2.45, 2.75) is 192 Å². The van der Waals surface area contributed by atoms with E-state index in [1.54, 1.807) is 104 Å². The predicted molar refractivity (Wildman–Crippen MR) is 437 cm³/mol. The van der Waals surface area contributed by atoms with Crippen LogP contribution < -0.4 is 37.6 Å². The van der Waals surface area contributed by atoms with E-state index in [2.05, 4.69) is 58.4 Å². The van der Waals surface area contributed by atoms with Crippen molar-refractivity contribution in [3.63, 3.8) is 0 Å². The molecule has 6 rings (SSSR count). The van der Waals surface area contributed by atoms with Crippen molar-refractivity contribution in [2.24, 2.45) is 35.3 Å². The zero-order valence-corrected chi connectivity index (χ0v) is 71.0. The number of primary amides is 1. The van der Waals surface area contributed by atoms with Crippen LogP contribution in [0.25, 0.3) is 22.3 Å². The van der Waals surface area contributed by atoms with Gasteiger partial charge in [0.2, 0.25) is 65.4 Å². The van der Waals surface area contributed by atoms with E-state index in [0.29, 0.717) is 53.6 Å². The van der Waals surface area contributed by atoms with Gasteiger partial charge in [-0.05, 0) is 121 Å². The van der Waals surface area contributed by atoms with Gasteiger partial charge in [-0.3, -0.25) is 38.5 Å². The molecule has 11 amide bonds. The van der Waals surface area contributed by atoms with E-state index < -0.39 is 162 Å². The summed E-state index contributed by atoms with van der Waals surface area (Å²) in [4.78, 5) is 162. The number of amides is 11. The summed E-state index contributed by atoms with van der Waals surface area (Å²) in [6.07, 6.45) is 4.81. The van der Waals surface area contributed by atoms with Gasteiger partial charge in [-0.25, -0.2) is 51.2 Å². The number of benzene rings is 3. The highest BCUT2D eigenvalue weighted by Crippen LogP contribution is 2.33. The Labute approximate surface area is 684 Å². The number of ether oxygens (including phenoxy) is 3. The van der Waals surface area contributed by atoms with Gasteiger partial charge in [0.05, 0.1) is 48.8 Å². The molecule has 1 aliphatic rings. The molecule has 1 saturated heterocycles. The number of carbonyl (C=O) groups excluding carboxylic acids is 9. The third-order valence-corrected chi connectivity index (χ3v) is 22.5. The number of carbonyl (C=O) groups is 10. The molecule has 0 bridgehead atoms. The lowest BCUT2D eigenvalue weighted by molar-refractivity contribution is -0.148. The zero-order valence-electron chi connectivity index (χ0n) is 69.4. The second kappa shape index (κ2) is 43.6. The van der Waals surface area contributed by atoms with Crippen molar-refractivity contribution in [2.75, 3.05) is 72.4 Å². The van der Waals surface area contributed by atoms with E-state index in [9.17, 15) is 70.2 Å². The number of rotatable bonds is 42. The number of hydrogen-bond acceptors (Lipinski definition) is 22. The fourth-order valence-corrected chi connectivity index (χ4v) is 15.1. The molecule has 1 aliphatic heterocycles. The van der Waals surface area contributed by atoms with Crippen LogP contribution in [-0.2, 0) is 75.6 Å². The lowest BCUT2D eigenvalue weighted by Crippen LogP contribution is -2.60. The first-order valence-electron chi connectivity index (χ1n) is 38.8. The summed E-state index contributed by atoms with van der Waals surface area (Å²) >= 11 is 0. The normalized spacial score (nSPS) is 15.8. The first-order valence-corrected chi connectivity index (χ1v) is 42.6. The van der Waals surface area contributed by atoms with Crippen LogP contribution in [-0.4, -0.2) is 248 Å². The molecule has 3 unspecified atom stereocenters. The number of likely N-dealkylation sites (N-methyl/N-ethyl adjacent to an activating group) is 1. The van der Waals surface area contributed by atoms with Crippen LogP contribution in [0.2, 0.25) is 0 Å². The number of likely N-dealkylation sites (tertiary alicyclic amines) is 1. The molecule has 1 fully saturated rings. The van der Waals surface area contributed by atoms with Gasteiger partial charge < -0.3 is 76.8 Å². The molecular weight excluding hydrogens is 1550 g/mol. The van der Waals surface area contributed by atoms with E-state index in [-0.39, 0.29) is 92.0 Å². The average molecular weight is 1670 g/mol. The predicted octanol–water partition coefficient (Wildman–Crippen LogP) is 6.33. The number of carboxylic acid groups (broad SMARTS) is 1. The average Bonchev–Trinajstić information content (AvgIpc) is 1.77. The van der Waals surface area contributed by atoms with Gasteiger partial charge in [-0.15, -0.1) is 0 Å². The Morgan fingerprint density at radius 1 is 0.709 bits per heavy atom. The molecule has 0 spiro atoms. The Morgan fingerprint density at radius 2 is 1.30 bits per heavy atom. The fourth-order valence-electron chi connectivity index (χ4n) is 14.1. The molecule has 0 saturated carbocycles. The van der Waals surface area contributed by atoms with Gasteiger partial charge >= 0.3 is 18.2 Å². The highest BCUT2D eigenvalue weighted by Gasteiger charge is 2.45. The maximum absolute atomic E-state index is 15.1. The lowest BCUT2D eigenvalue weighted by atomic mass is 9.89. The molecule has 0 radical (unpaired) electrons. The summed E-state index contributed by atoms with van der Waals surface area (Å²) in [7, 11) is -1.66. The molecule has 10 N–H and O–H groups in total. The third-order valence-electron chi connectivity index (χ3n) is 20.7. The Balaban J connectivity index is 1.23. The molecule has 5 aromatic rings. The summed E-state index contributed by atoms with van der Waals surface area (Å²) in [5.74, 6) is -7.24. The number of sulfone groups is 2. The minimum Gasteiger partial charge on any atom is -0.465 e. The van der Waals surface area contributed by atoms with Crippen LogP contribution in [0.4, 0.5) is 20.1 Å². The SMILES string of the molecule is C=CCOC(=O)N(C)Cc1cc(NC(=O)[C@H](CCCNC(N)=O)NC(=O)[C@@H](NC(=O)c2cc(-c3cnc(S(C)(=O)=O)nc3)cc(-c3cnc(S(C)(=O)=O)nc3)c2)C(C)C)ccc1CCN(C(=O)O)C(C(=O)NC(C(=O)N(C)C([C@@H](C)CC)[C@@H](CC(=O)N1CCC[C@H]1[C@H](OC)[C@@H](C)C(=O)N[C@H](C)[C@@H](O)c1ccccc1)OC)C(C)C)C(C)C. The van der Waals surface area contributed by atoms with Crippen molar-refractivity contribution < 1.29 is 89.2 Å². The van der Waals surface area contributed by atoms with E-state index in [4.69, 9.17) is 19.9 Å². The smallest absolute Gasteiger partial charge is 0.410 e. The second-order valence-corrected chi connectivity index (χ2v) is 34.4. The summed E-state index contributed by atoms with van der Waals surface area (Å²) in [6.45, 7) is 20.7. The molecule has 0 aliphatic carbocycles. The summed E-state index contributed by atoms with van der Waals surface area (Å²) < 4.78 is 66.5. The maximum atomic E-state index is 15.1. The summed E-state index contributed by atoms with van der Waals surface area (Å²) in [5, 5.41) is 37.8. The Hall–Kier alpha value is -10.6. The van der Waals surface area contributed by atoms with E-state index in [0.717, 1.165) is 17.4 Å². The Morgan fingerprint density at radius 3 is 1.81 bits per heavy atom. The van der Waals surface area contributed by atoms with Gasteiger partial charge in [-0.2, -0.15) is 0 Å². The van der Waals surface area contributed by atoms with Gasteiger partial charge in [0.15, 0.2) is 0 Å². The van der Waals surface area contributed by atoms with Gasteiger partial charge in [0.1, 0.15) is 30.8 Å². The number of nitrogens with two attached hydrogens (primary N) is 1. The van der Waals surface area contributed by atoms with Crippen molar-refractivity contribution in [1.29, 1.82) is 0 Å². The number of anilines is 1. The van der Waals surface area contributed by atoms with Crippen molar-refractivity contribution >= 4 is 84.9 Å². The number of hydrogen-bond donors (Lipinski definition) is 9. The van der Waals surface area contributed by atoms with Crippen LogP contribution in [0.5, 0.6) is 0 Å². The summed E-state index contributed by atoms with van der Waals surface area (Å²) in [6, 6.07) is 9.98. The molecule has 3 heterocycles. The molecule has 2 aromatic heterocycles. The van der Waals surface area contributed by atoms with E-state index >= 15 is 4.79 Å². The van der Waals surface area contributed by atoms with E-state index in [1.165, 1.54) is 86.2 Å². The van der Waals surface area contributed by atoms with Crippen LogP contribution in [0, 0.1) is 29.6 Å². The van der Waals surface area contributed by atoms with Crippen LogP contribution in [0.3, 0.4) is 0 Å². The van der Waals surface area contributed by atoms with Gasteiger partial charge in [0, 0.05) is 114 Å². The first kappa shape index (κ1) is 95.3. The topological polar surface area (TPSA) is 470 Å². The van der Waals surface area contributed by atoms with Crippen molar-refractivity contribution in [3.05, 3.63) is 126 Å². The van der Waals surface area contributed by atoms with Crippen LogP contribution in [0.15, 0.2) is 114 Å². The number of aliphatic hydroxyl groups is 1. The van der Waals surface area contributed by atoms with Gasteiger partial charge in [-0.1, -0.05) is 118 Å². The summed E-state index contributed by atoms with van der Waals surface area (Å²) in [5.41, 5.74) is 8.03. The van der Waals surface area contributed by atoms with E-state index in [1.807, 2.05) is 19.9 Å². The number of aliphatic hydroxyl groups excluding tert-OH is 1. The monoisotopic (exact) mass is 1670 g/mol. The van der Waals surface area contributed by atoms with Crippen molar-refractivity contribution in [3.8, 4) is 22.3 Å². The Kier molecular flexibility index (Phi) is 35.5. The largest absolute Gasteiger partial charge is 0.465 e. The zero-order chi connectivity index (χ0) is 87.1. The molecule has 117 heavy (non-hydrogen) atoms. The molecule has 640 valence electrons. The molecule has 36 heteroatoms. The maximum Gasteiger partial charge on any atom is 0.410 e. The molecule has 3 aromatic carbocycles. The number of nitrogens with zero attached hydrogens (tertiary/aromatic N) is 8. The molecule has 34 nitrogen and oxygen atoms in total. The lowest BCUT2D eigenvalue weighted by Gasteiger charge is -2.41. The minimum absolute atomic E-state index is 0.0252. The third kappa shape index (κ3) is 26.5. The Bertz CT molecular complexity index is 4430. The minimum atomic E-state index is -3.81. The second-order valence-electron chi connectivity index (χ2n) is 30.6.